The number of nitrogens with one attached hydrogen (secondary N) is 1. The topological polar surface area (TPSA) is 91.1 Å². The van der Waals surface area contributed by atoms with Gasteiger partial charge in [-0.15, -0.1) is 0 Å². The van der Waals surface area contributed by atoms with Gasteiger partial charge in [0, 0.05) is 11.1 Å². The molecule has 0 radical (unpaired) electrons. The lowest BCUT2D eigenvalue weighted by Gasteiger charge is -2.28. The Balaban J connectivity index is 1.97. The number of carboxylic acid groups (broad SMARTS) is 1. The number of anilines is 1. The molecule has 138 valence electrons. The largest absolute Gasteiger partial charge is 0.476 e. The molecule has 0 aromatic heterocycles. The molecule has 1 aliphatic rings. The van der Waals surface area contributed by atoms with Gasteiger partial charge in [-0.3, -0.25) is 15.2 Å². The molecule has 1 aliphatic heterocycles. The number of carbonyl (C=O) groups is 2. The number of rotatable bonds is 5. The minimum atomic E-state index is -1.16. The van der Waals surface area contributed by atoms with Crippen molar-refractivity contribution in [2.45, 2.75) is 32.7 Å². The second-order valence-corrected chi connectivity index (χ2v) is 7.12. The maximum absolute atomic E-state index is 11.9. The average Bonchev–Trinajstić information content (AvgIpc) is 2.61. The summed E-state index contributed by atoms with van der Waals surface area (Å²) < 4.78 is 0. The van der Waals surface area contributed by atoms with Gasteiger partial charge in [-0.1, -0.05) is 24.3 Å². The summed E-state index contributed by atoms with van der Waals surface area (Å²) in [4.78, 5) is 27.9. The second kappa shape index (κ2) is 7.15. The molecule has 0 atom stereocenters. The van der Waals surface area contributed by atoms with Crippen LogP contribution in [0.25, 0.3) is 0 Å². The van der Waals surface area contributed by atoms with Gasteiger partial charge in [-0.05, 0) is 57.0 Å². The van der Waals surface area contributed by atoms with E-state index in [9.17, 15) is 14.7 Å². The maximum atomic E-state index is 11.9. The Morgan fingerprint density at radius 3 is 2.41 bits per heavy atom. The number of hydrogen-bond acceptors (Lipinski definition) is 5. The Morgan fingerprint density at radius 1 is 1.11 bits per heavy atom. The predicted octanol–water partition coefficient (Wildman–Crippen LogP) is 3.57. The number of carbonyl (C=O) groups excluding carboxylic acids is 1. The number of aliphatic carboxylic acids is 1. The van der Waals surface area contributed by atoms with Gasteiger partial charge in [0.15, 0.2) is 11.5 Å². The molecule has 0 saturated heterocycles. The van der Waals surface area contributed by atoms with Crippen molar-refractivity contribution in [3.05, 3.63) is 65.2 Å². The Hall–Kier alpha value is -3.28. The molecule has 1 heterocycles. The molecule has 2 aromatic carbocycles. The van der Waals surface area contributed by atoms with Gasteiger partial charge in [-0.2, -0.15) is 5.10 Å². The fourth-order valence-corrected chi connectivity index (χ4v) is 3.06. The van der Waals surface area contributed by atoms with Crippen molar-refractivity contribution in [3.8, 4) is 0 Å². The van der Waals surface area contributed by atoms with Gasteiger partial charge in [0.2, 0.25) is 0 Å². The third-order valence-corrected chi connectivity index (χ3v) is 4.33. The number of nitrogens with zero attached hydrogens (tertiary/aromatic N) is 2. The van der Waals surface area contributed by atoms with Gasteiger partial charge in [0.25, 0.3) is 0 Å². The van der Waals surface area contributed by atoms with E-state index in [1.54, 1.807) is 24.3 Å². The number of Topliss-reactive ketones (excluding diaryl/α,β-unsaturated/α-hetero) is 1. The van der Waals surface area contributed by atoms with E-state index < -0.39 is 11.5 Å². The molecule has 27 heavy (non-hydrogen) atoms. The van der Waals surface area contributed by atoms with Crippen molar-refractivity contribution in [1.82, 2.24) is 0 Å². The molecule has 0 spiro atoms. The monoisotopic (exact) mass is 363 g/mol. The van der Waals surface area contributed by atoms with Crippen LogP contribution in [0.15, 0.2) is 58.6 Å². The third kappa shape index (κ3) is 4.11. The highest BCUT2D eigenvalue weighted by Crippen LogP contribution is 2.27. The lowest BCUT2D eigenvalue weighted by Crippen LogP contribution is -2.35. The molecule has 6 nitrogen and oxygen atoms in total. The van der Waals surface area contributed by atoms with Crippen LogP contribution in [0.3, 0.4) is 0 Å². The molecule has 6 heteroatoms. The standard InChI is InChI=1S/C21H21N3O3/c1-13(25)14-8-10-16(11-9-14)23-24-19(20(26)27)18-17-7-5-4-6-15(17)12-21(2,3)22-18/h4-11,23H,12H2,1-3H3,(H,26,27). The number of fused-ring (bicyclic) bond motifs is 1. The number of hydrogen-bond donors (Lipinski definition) is 2. The van der Waals surface area contributed by atoms with Gasteiger partial charge >= 0.3 is 5.97 Å². The summed E-state index contributed by atoms with van der Waals surface area (Å²) in [6.45, 7) is 5.43. The first-order chi connectivity index (χ1) is 12.8. The molecule has 2 aromatic rings. The highest BCUT2D eigenvalue weighted by molar-refractivity contribution is 6.69. The number of hydrazone groups is 1. The third-order valence-electron chi connectivity index (χ3n) is 4.33. The normalized spacial score (nSPS) is 15.5. The molecule has 0 amide bonds. The van der Waals surface area contributed by atoms with Crippen molar-refractivity contribution in [2.24, 2.45) is 10.1 Å². The zero-order chi connectivity index (χ0) is 19.6. The van der Waals surface area contributed by atoms with Crippen molar-refractivity contribution in [2.75, 3.05) is 5.43 Å². The van der Waals surface area contributed by atoms with Gasteiger partial charge in [0.05, 0.1) is 11.2 Å². The minimum absolute atomic E-state index is 0.0355. The SMILES string of the molecule is CC(=O)c1ccc(NN=C(C(=O)O)C2=NC(C)(C)Cc3ccccc32)cc1. The molecule has 0 saturated carbocycles. The summed E-state index contributed by atoms with van der Waals surface area (Å²) in [7, 11) is 0. The first-order valence-corrected chi connectivity index (χ1v) is 8.63. The molecule has 2 N–H and O–H groups in total. The van der Waals surface area contributed by atoms with Gasteiger partial charge in [-0.25, -0.2) is 4.79 Å². The van der Waals surface area contributed by atoms with E-state index in [4.69, 9.17) is 0 Å². The van der Waals surface area contributed by atoms with Crippen molar-refractivity contribution >= 4 is 28.9 Å². The zero-order valence-corrected chi connectivity index (χ0v) is 15.5. The molecular formula is C21H21N3O3. The van der Waals surface area contributed by atoms with Crippen LogP contribution in [0.2, 0.25) is 0 Å². The van der Waals surface area contributed by atoms with E-state index >= 15 is 0 Å². The van der Waals surface area contributed by atoms with Crippen molar-refractivity contribution in [3.63, 3.8) is 0 Å². The summed E-state index contributed by atoms with van der Waals surface area (Å²) in [6.07, 6.45) is 0.736. The summed E-state index contributed by atoms with van der Waals surface area (Å²) in [5.41, 5.74) is 5.56. The Bertz CT molecular complexity index is 957. The van der Waals surface area contributed by atoms with Crippen LogP contribution in [0.5, 0.6) is 0 Å². The van der Waals surface area contributed by atoms with E-state index in [2.05, 4.69) is 15.5 Å². The van der Waals surface area contributed by atoms with E-state index in [0.717, 1.165) is 17.5 Å². The van der Waals surface area contributed by atoms with Crippen LogP contribution >= 0.6 is 0 Å². The molecule has 3 rings (SSSR count). The Labute approximate surface area is 157 Å². The lowest BCUT2D eigenvalue weighted by molar-refractivity contribution is -0.129. The van der Waals surface area contributed by atoms with Crippen molar-refractivity contribution < 1.29 is 14.7 Å². The van der Waals surface area contributed by atoms with Crippen LogP contribution in [0.4, 0.5) is 5.69 Å². The summed E-state index contributed by atoms with van der Waals surface area (Å²) >= 11 is 0. The molecular weight excluding hydrogens is 342 g/mol. The van der Waals surface area contributed by atoms with E-state index in [1.807, 2.05) is 38.1 Å². The van der Waals surface area contributed by atoms with Crippen LogP contribution in [0.1, 0.15) is 42.3 Å². The Kier molecular flexibility index (Phi) is 4.90. The van der Waals surface area contributed by atoms with Crippen molar-refractivity contribution in [1.29, 1.82) is 0 Å². The van der Waals surface area contributed by atoms with E-state index in [-0.39, 0.29) is 11.5 Å². The average molecular weight is 363 g/mol. The predicted molar refractivity (Wildman–Crippen MR) is 106 cm³/mol. The lowest BCUT2D eigenvalue weighted by atomic mass is 9.85. The van der Waals surface area contributed by atoms with Crippen LogP contribution < -0.4 is 5.43 Å². The minimum Gasteiger partial charge on any atom is -0.476 e. The van der Waals surface area contributed by atoms with E-state index in [0.29, 0.717) is 17.0 Å². The zero-order valence-electron chi connectivity index (χ0n) is 15.5. The summed E-state index contributed by atoms with van der Waals surface area (Å²) in [5.74, 6) is -1.19. The van der Waals surface area contributed by atoms with Gasteiger partial charge < -0.3 is 5.11 Å². The summed E-state index contributed by atoms with van der Waals surface area (Å²) in [5, 5.41) is 13.8. The number of benzene rings is 2. The quantitative estimate of drug-likeness (QED) is 0.483. The fraction of sp³-hybridized carbons (Fsp3) is 0.238. The second-order valence-electron chi connectivity index (χ2n) is 7.12. The van der Waals surface area contributed by atoms with Gasteiger partial charge in [0.1, 0.15) is 5.71 Å². The number of carboxylic acids is 1. The van der Waals surface area contributed by atoms with Crippen LogP contribution in [0, 0.1) is 0 Å². The number of aliphatic imine (C=N–C) groups is 1. The summed E-state index contributed by atoms with van der Waals surface area (Å²) in [6, 6.07) is 14.3. The first kappa shape index (κ1) is 18.5. The van der Waals surface area contributed by atoms with Crippen LogP contribution in [-0.2, 0) is 11.2 Å². The van der Waals surface area contributed by atoms with E-state index in [1.165, 1.54) is 6.92 Å². The molecule has 0 fully saturated rings. The number of ketones is 1. The fourth-order valence-electron chi connectivity index (χ4n) is 3.06. The molecule has 0 aliphatic carbocycles. The highest BCUT2D eigenvalue weighted by Gasteiger charge is 2.31. The Morgan fingerprint density at radius 2 is 1.78 bits per heavy atom. The smallest absolute Gasteiger partial charge is 0.358 e. The molecule has 0 bridgehead atoms. The van der Waals surface area contributed by atoms with Crippen LogP contribution in [-0.4, -0.2) is 33.8 Å². The first-order valence-electron chi connectivity index (χ1n) is 8.63. The highest BCUT2D eigenvalue weighted by atomic mass is 16.4. The molecule has 0 unspecified atom stereocenters. The maximum Gasteiger partial charge on any atom is 0.358 e.